The van der Waals surface area contributed by atoms with Gasteiger partial charge in [-0.25, -0.2) is 0 Å². The molecule has 0 unspecified atom stereocenters. The van der Waals surface area contributed by atoms with E-state index in [1.807, 2.05) is 54.6 Å². The Bertz CT molecular complexity index is 1010. The van der Waals surface area contributed by atoms with E-state index in [0.717, 1.165) is 17.5 Å². The van der Waals surface area contributed by atoms with Gasteiger partial charge >= 0.3 is 0 Å². The third-order valence-corrected chi connectivity index (χ3v) is 5.65. The molecule has 4 rings (SSSR count). The average molecular weight is 370 g/mol. The SMILES string of the molecule is CCc1ccc([C@H]2C(C#N)=C(N)OC3=C2C(=O)C[C@H](c2ccccc2)C3)cc1. The fourth-order valence-corrected chi connectivity index (χ4v) is 4.15. The Kier molecular flexibility index (Phi) is 4.75. The Morgan fingerprint density at radius 1 is 1.07 bits per heavy atom. The van der Waals surface area contributed by atoms with Gasteiger partial charge in [-0.3, -0.25) is 4.79 Å². The van der Waals surface area contributed by atoms with Crippen LogP contribution in [0.3, 0.4) is 0 Å². The summed E-state index contributed by atoms with van der Waals surface area (Å²) in [7, 11) is 0. The third-order valence-electron chi connectivity index (χ3n) is 5.65. The number of nitrogens with zero attached hydrogens (tertiary/aromatic N) is 1. The maximum absolute atomic E-state index is 13.2. The van der Waals surface area contributed by atoms with Crippen LogP contribution in [0.2, 0.25) is 0 Å². The van der Waals surface area contributed by atoms with Crippen molar-refractivity contribution in [2.45, 2.75) is 38.0 Å². The lowest BCUT2D eigenvalue weighted by molar-refractivity contribution is -0.117. The summed E-state index contributed by atoms with van der Waals surface area (Å²) in [5.41, 5.74) is 10.2. The lowest BCUT2D eigenvalue weighted by Crippen LogP contribution is -2.29. The number of allylic oxidation sites excluding steroid dienone is 3. The zero-order valence-electron chi connectivity index (χ0n) is 15.8. The van der Waals surface area contributed by atoms with E-state index in [-0.39, 0.29) is 17.6 Å². The number of Topliss-reactive ketones (excluding diaryl/α,β-unsaturated/α-hetero) is 1. The number of ether oxygens (including phenoxy) is 1. The van der Waals surface area contributed by atoms with Gasteiger partial charge in [0, 0.05) is 18.4 Å². The molecule has 2 aliphatic rings. The first-order chi connectivity index (χ1) is 13.6. The first-order valence-corrected chi connectivity index (χ1v) is 9.60. The van der Waals surface area contributed by atoms with E-state index < -0.39 is 5.92 Å². The molecule has 2 atom stereocenters. The van der Waals surface area contributed by atoms with Crippen LogP contribution in [0.25, 0.3) is 0 Å². The summed E-state index contributed by atoms with van der Waals surface area (Å²) in [6.45, 7) is 2.09. The molecule has 0 spiro atoms. The molecule has 0 aromatic heterocycles. The van der Waals surface area contributed by atoms with E-state index in [2.05, 4.69) is 13.0 Å². The summed E-state index contributed by atoms with van der Waals surface area (Å²) >= 11 is 0. The van der Waals surface area contributed by atoms with Gasteiger partial charge in [0.15, 0.2) is 5.78 Å². The normalized spacial score (nSPS) is 21.8. The molecule has 0 amide bonds. The zero-order chi connectivity index (χ0) is 19.7. The van der Waals surface area contributed by atoms with Gasteiger partial charge in [-0.1, -0.05) is 61.5 Å². The highest BCUT2D eigenvalue weighted by Gasteiger charge is 2.40. The Hall–Kier alpha value is -3.32. The minimum absolute atomic E-state index is 0.0277. The van der Waals surface area contributed by atoms with E-state index >= 15 is 0 Å². The van der Waals surface area contributed by atoms with Crippen LogP contribution in [-0.4, -0.2) is 5.78 Å². The molecule has 28 heavy (non-hydrogen) atoms. The van der Waals surface area contributed by atoms with Crippen LogP contribution in [-0.2, 0) is 16.0 Å². The van der Waals surface area contributed by atoms with Crippen molar-refractivity contribution in [1.29, 1.82) is 5.26 Å². The van der Waals surface area contributed by atoms with Crippen molar-refractivity contribution in [1.82, 2.24) is 0 Å². The van der Waals surface area contributed by atoms with Gasteiger partial charge in [-0.05, 0) is 29.0 Å². The summed E-state index contributed by atoms with van der Waals surface area (Å²) in [6.07, 6.45) is 1.95. The van der Waals surface area contributed by atoms with E-state index in [9.17, 15) is 10.1 Å². The smallest absolute Gasteiger partial charge is 0.205 e. The zero-order valence-corrected chi connectivity index (χ0v) is 15.8. The molecule has 2 aromatic rings. The minimum atomic E-state index is -0.455. The maximum atomic E-state index is 13.2. The Labute approximate surface area is 164 Å². The second-order valence-electron chi connectivity index (χ2n) is 7.30. The predicted molar refractivity (Wildman–Crippen MR) is 107 cm³/mol. The number of rotatable bonds is 3. The highest BCUT2D eigenvalue weighted by atomic mass is 16.5. The molecular formula is C24H22N2O2. The monoisotopic (exact) mass is 370 g/mol. The average Bonchev–Trinajstić information content (AvgIpc) is 2.73. The third kappa shape index (κ3) is 3.10. The van der Waals surface area contributed by atoms with Crippen molar-refractivity contribution in [3.63, 3.8) is 0 Å². The summed E-state index contributed by atoms with van der Waals surface area (Å²) in [5.74, 6) is 0.342. The summed E-state index contributed by atoms with van der Waals surface area (Å²) in [6, 6.07) is 20.2. The Morgan fingerprint density at radius 3 is 2.43 bits per heavy atom. The molecule has 0 saturated carbocycles. The van der Waals surface area contributed by atoms with E-state index in [0.29, 0.717) is 29.7 Å². The molecule has 140 valence electrons. The van der Waals surface area contributed by atoms with Crippen LogP contribution in [0.15, 0.2) is 77.4 Å². The first kappa shape index (κ1) is 18.1. The Balaban J connectivity index is 1.77. The van der Waals surface area contributed by atoms with Gasteiger partial charge in [0.25, 0.3) is 0 Å². The van der Waals surface area contributed by atoms with Crippen LogP contribution in [0.1, 0.15) is 48.3 Å². The van der Waals surface area contributed by atoms with Gasteiger partial charge < -0.3 is 10.5 Å². The fourth-order valence-electron chi connectivity index (χ4n) is 4.15. The summed E-state index contributed by atoms with van der Waals surface area (Å²) in [4.78, 5) is 13.2. The van der Waals surface area contributed by atoms with Gasteiger partial charge in [0.2, 0.25) is 5.88 Å². The molecule has 4 heteroatoms. The topological polar surface area (TPSA) is 76.1 Å². The van der Waals surface area contributed by atoms with E-state index in [1.54, 1.807) is 0 Å². The quantitative estimate of drug-likeness (QED) is 0.865. The molecule has 2 N–H and O–H groups in total. The molecule has 1 aliphatic carbocycles. The Morgan fingerprint density at radius 2 is 1.79 bits per heavy atom. The lowest BCUT2D eigenvalue weighted by atomic mass is 9.73. The highest BCUT2D eigenvalue weighted by Crippen LogP contribution is 2.46. The van der Waals surface area contributed by atoms with Gasteiger partial charge in [0.05, 0.1) is 5.92 Å². The van der Waals surface area contributed by atoms with Crippen molar-refractivity contribution in [3.05, 3.63) is 94.1 Å². The first-order valence-electron chi connectivity index (χ1n) is 9.60. The molecule has 4 nitrogen and oxygen atoms in total. The molecule has 1 aliphatic heterocycles. The van der Waals surface area contributed by atoms with Crippen LogP contribution in [0.4, 0.5) is 0 Å². The molecule has 0 bridgehead atoms. The molecular weight excluding hydrogens is 348 g/mol. The van der Waals surface area contributed by atoms with Crippen molar-refractivity contribution >= 4 is 5.78 Å². The number of carbonyl (C=O) groups is 1. The lowest BCUT2D eigenvalue weighted by Gasteiger charge is -2.34. The van der Waals surface area contributed by atoms with E-state index in [4.69, 9.17) is 10.5 Å². The van der Waals surface area contributed by atoms with Crippen molar-refractivity contribution in [3.8, 4) is 6.07 Å². The summed E-state index contributed by atoms with van der Waals surface area (Å²) in [5, 5.41) is 9.70. The number of nitriles is 1. The van der Waals surface area contributed by atoms with Crippen molar-refractivity contribution < 1.29 is 9.53 Å². The number of benzene rings is 2. The number of carbonyl (C=O) groups excluding carboxylic acids is 1. The van der Waals surface area contributed by atoms with Gasteiger partial charge in [-0.2, -0.15) is 5.26 Å². The second-order valence-corrected chi connectivity index (χ2v) is 7.30. The fraction of sp³-hybridized carbons (Fsp3) is 0.250. The van der Waals surface area contributed by atoms with Crippen molar-refractivity contribution in [2.75, 3.05) is 0 Å². The van der Waals surface area contributed by atoms with Crippen LogP contribution >= 0.6 is 0 Å². The van der Waals surface area contributed by atoms with Crippen LogP contribution in [0, 0.1) is 11.3 Å². The van der Waals surface area contributed by atoms with Crippen LogP contribution < -0.4 is 5.73 Å². The molecule has 2 aromatic carbocycles. The largest absolute Gasteiger partial charge is 0.444 e. The van der Waals surface area contributed by atoms with Crippen LogP contribution in [0.5, 0.6) is 0 Å². The second kappa shape index (κ2) is 7.36. The highest BCUT2D eigenvalue weighted by molar-refractivity contribution is 6.00. The molecule has 0 saturated heterocycles. The number of hydrogen-bond acceptors (Lipinski definition) is 4. The van der Waals surface area contributed by atoms with E-state index in [1.165, 1.54) is 5.56 Å². The summed E-state index contributed by atoms with van der Waals surface area (Å²) < 4.78 is 5.81. The van der Waals surface area contributed by atoms with Gasteiger partial charge in [-0.15, -0.1) is 0 Å². The molecule has 0 fully saturated rings. The standard InChI is InChI=1S/C24H22N2O2/c1-2-15-8-10-17(11-9-15)22-19(14-25)24(26)28-21-13-18(12-20(27)23(21)22)16-6-4-3-5-7-16/h3-11,18,22H,2,12-13,26H2,1H3/t18-,22-/m0/s1. The number of nitrogens with two attached hydrogens (primary N) is 1. The van der Waals surface area contributed by atoms with Crippen molar-refractivity contribution in [2.24, 2.45) is 5.73 Å². The minimum Gasteiger partial charge on any atom is -0.444 e. The maximum Gasteiger partial charge on any atom is 0.205 e. The number of ketones is 1. The predicted octanol–water partition coefficient (Wildman–Crippen LogP) is 4.46. The molecule has 1 heterocycles. The number of aryl methyl sites for hydroxylation is 1. The molecule has 0 radical (unpaired) electrons. The number of hydrogen-bond donors (Lipinski definition) is 1. The van der Waals surface area contributed by atoms with Gasteiger partial charge in [0.1, 0.15) is 17.4 Å².